The predicted molar refractivity (Wildman–Crippen MR) is 88.7 cm³/mol. The first-order chi connectivity index (χ1) is 12.0. The smallest absolute Gasteiger partial charge is 0.424 e. The van der Waals surface area contributed by atoms with Gasteiger partial charge < -0.3 is 14.8 Å². The van der Waals surface area contributed by atoms with Crippen LogP contribution in [0, 0.1) is 11.3 Å². The van der Waals surface area contributed by atoms with Crippen LogP contribution in [0.15, 0.2) is 24.3 Å². The second-order valence-corrected chi connectivity index (χ2v) is 7.97. The van der Waals surface area contributed by atoms with Crippen LogP contribution in [0.4, 0.5) is 18.0 Å². The SMILES string of the molecule is C[C@H]1C[C@H](NC(=O)NC2(C(F)(F)F)Oc3ccccc3O2)CC(C)(C)C1. The fourth-order valence-electron chi connectivity index (χ4n) is 4.01. The van der Waals surface area contributed by atoms with Gasteiger partial charge in [-0.1, -0.05) is 32.9 Å². The highest BCUT2D eigenvalue weighted by Crippen LogP contribution is 2.45. The van der Waals surface area contributed by atoms with Crippen molar-refractivity contribution in [1.29, 1.82) is 0 Å². The normalized spacial score (nSPS) is 26.2. The van der Waals surface area contributed by atoms with E-state index in [4.69, 9.17) is 9.47 Å². The lowest BCUT2D eigenvalue weighted by Gasteiger charge is -2.39. The summed E-state index contributed by atoms with van der Waals surface area (Å²) in [6.07, 6.45) is -2.52. The molecule has 8 heteroatoms. The molecular weight excluding hydrogens is 349 g/mol. The highest BCUT2D eigenvalue weighted by molar-refractivity contribution is 5.75. The fraction of sp³-hybridized carbons (Fsp3) is 0.611. The molecule has 1 heterocycles. The highest BCUT2D eigenvalue weighted by atomic mass is 19.4. The van der Waals surface area contributed by atoms with E-state index in [0.29, 0.717) is 12.3 Å². The van der Waals surface area contributed by atoms with Crippen LogP contribution in [0.3, 0.4) is 0 Å². The van der Waals surface area contributed by atoms with Crippen LogP contribution in [-0.2, 0) is 0 Å². The molecule has 0 radical (unpaired) electrons. The molecule has 2 aliphatic rings. The van der Waals surface area contributed by atoms with Gasteiger partial charge in [0.1, 0.15) is 0 Å². The van der Waals surface area contributed by atoms with Crippen molar-refractivity contribution in [2.45, 2.75) is 58.2 Å². The topological polar surface area (TPSA) is 59.6 Å². The van der Waals surface area contributed by atoms with Gasteiger partial charge in [-0.05, 0) is 42.7 Å². The van der Waals surface area contributed by atoms with Gasteiger partial charge >= 0.3 is 18.1 Å². The minimum absolute atomic E-state index is 0.0217. The van der Waals surface area contributed by atoms with Crippen LogP contribution in [0.25, 0.3) is 0 Å². The second kappa shape index (κ2) is 6.25. The van der Waals surface area contributed by atoms with Crippen LogP contribution in [0.2, 0.25) is 0 Å². The first-order valence-electron chi connectivity index (χ1n) is 8.62. The van der Waals surface area contributed by atoms with E-state index in [1.54, 1.807) is 0 Å². The molecular formula is C18H23F3N2O3. The molecule has 2 N–H and O–H groups in total. The molecule has 1 saturated carbocycles. The third-order valence-corrected chi connectivity index (χ3v) is 4.73. The fourth-order valence-corrected chi connectivity index (χ4v) is 4.01. The van der Waals surface area contributed by atoms with Gasteiger partial charge in [0.05, 0.1) is 0 Å². The Bertz CT molecular complexity index is 666. The Labute approximate surface area is 150 Å². The lowest BCUT2D eigenvalue weighted by atomic mass is 9.71. The number of fused-ring (bicyclic) bond motifs is 1. The summed E-state index contributed by atoms with van der Waals surface area (Å²) in [6, 6.07) is 4.59. The number of amides is 2. The van der Waals surface area contributed by atoms with Gasteiger partial charge in [0.2, 0.25) is 0 Å². The van der Waals surface area contributed by atoms with E-state index in [-0.39, 0.29) is 23.0 Å². The zero-order chi connectivity index (χ0) is 19.2. The molecule has 0 spiro atoms. The Kier molecular flexibility index (Phi) is 4.48. The Hall–Kier alpha value is -2.12. The summed E-state index contributed by atoms with van der Waals surface area (Å²) in [5.74, 6) is -2.99. The summed E-state index contributed by atoms with van der Waals surface area (Å²) < 4.78 is 50.8. The van der Waals surface area contributed by atoms with Crippen molar-refractivity contribution < 1.29 is 27.4 Å². The molecule has 0 bridgehead atoms. The number of carbonyl (C=O) groups is 1. The number of rotatable bonds is 2. The number of ether oxygens (including phenoxy) is 2. The summed E-state index contributed by atoms with van der Waals surface area (Å²) in [7, 11) is 0. The third-order valence-electron chi connectivity index (χ3n) is 4.73. The molecule has 0 unspecified atom stereocenters. The summed E-state index contributed by atoms with van der Waals surface area (Å²) in [5, 5.41) is 4.49. The van der Waals surface area contributed by atoms with Crippen molar-refractivity contribution in [2.24, 2.45) is 11.3 Å². The number of carbonyl (C=O) groups excluding carboxylic acids is 1. The summed E-state index contributed by atoms with van der Waals surface area (Å²) in [4.78, 5) is 12.3. The zero-order valence-electron chi connectivity index (χ0n) is 14.9. The summed E-state index contributed by atoms with van der Waals surface area (Å²) >= 11 is 0. The maximum Gasteiger partial charge on any atom is 0.492 e. The van der Waals surface area contributed by atoms with Crippen molar-refractivity contribution in [3.63, 3.8) is 0 Å². The third kappa shape index (κ3) is 3.68. The lowest BCUT2D eigenvalue weighted by Crippen LogP contribution is -2.67. The van der Waals surface area contributed by atoms with Gasteiger partial charge in [-0.3, -0.25) is 5.32 Å². The minimum atomic E-state index is -4.96. The van der Waals surface area contributed by atoms with Crippen molar-refractivity contribution in [3.8, 4) is 11.5 Å². The van der Waals surface area contributed by atoms with Crippen molar-refractivity contribution in [3.05, 3.63) is 24.3 Å². The van der Waals surface area contributed by atoms with Crippen LogP contribution in [0.5, 0.6) is 11.5 Å². The molecule has 26 heavy (non-hydrogen) atoms. The molecule has 0 aromatic heterocycles. The molecule has 1 aromatic carbocycles. The number of para-hydroxylation sites is 2. The van der Waals surface area contributed by atoms with Crippen LogP contribution in [-0.4, -0.2) is 24.2 Å². The molecule has 2 amide bonds. The average molecular weight is 372 g/mol. The van der Waals surface area contributed by atoms with E-state index >= 15 is 0 Å². The Morgan fingerprint density at radius 3 is 2.23 bits per heavy atom. The van der Waals surface area contributed by atoms with Gasteiger partial charge in [-0.2, -0.15) is 13.2 Å². The number of hydrogen-bond donors (Lipinski definition) is 2. The van der Waals surface area contributed by atoms with Gasteiger partial charge in [-0.15, -0.1) is 0 Å². The van der Waals surface area contributed by atoms with Crippen molar-refractivity contribution in [2.75, 3.05) is 0 Å². The van der Waals surface area contributed by atoms with Crippen molar-refractivity contribution in [1.82, 2.24) is 10.6 Å². The Morgan fingerprint density at radius 2 is 1.73 bits per heavy atom. The summed E-state index contributed by atoms with van der Waals surface area (Å²) in [6.45, 7) is 6.25. The number of halogens is 3. The van der Waals surface area contributed by atoms with Gasteiger partial charge in [0.15, 0.2) is 11.5 Å². The first kappa shape index (κ1) is 18.7. The number of alkyl halides is 3. The van der Waals surface area contributed by atoms with Crippen LogP contribution >= 0.6 is 0 Å². The molecule has 1 aromatic rings. The maximum atomic E-state index is 13.6. The standard InChI is InChI=1S/C18H23F3N2O3/c1-11-8-12(10-16(2,3)9-11)22-15(24)23-18(17(19,20)21)25-13-6-4-5-7-14(13)26-18/h4-7,11-12H,8-10H2,1-3H3,(H2,22,23,24)/t11-,12-/m0/s1. The number of nitrogens with one attached hydrogen (secondary N) is 2. The van der Waals surface area contributed by atoms with E-state index in [2.05, 4.69) is 26.1 Å². The molecule has 1 aliphatic heterocycles. The van der Waals surface area contributed by atoms with E-state index in [1.807, 2.05) is 5.32 Å². The van der Waals surface area contributed by atoms with E-state index in [9.17, 15) is 18.0 Å². The number of urea groups is 1. The quantitative estimate of drug-likeness (QED) is 0.818. The van der Waals surface area contributed by atoms with E-state index < -0.39 is 18.1 Å². The highest BCUT2D eigenvalue weighted by Gasteiger charge is 2.65. The molecule has 0 saturated heterocycles. The average Bonchev–Trinajstić information content (AvgIpc) is 2.83. The number of hydrogen-bond acceptors (Lipinski definition) is 3. The van der Waals surface area contributed by atoms with Gasteiger partial charge in [0, 0.05) is 6.04 Å². The van der Waals surface area contributed by atoms with E-state index in [1.165, 1.54) is 24.3 Å². The maximum absolute atomic E-state index is 13.6. The predicted octanol–water partition coefficient (Wildman–Crippen LogP) is 4.19. The van der Waals surface area contributed by atoms with E-state index in [0.717, 1.165) is 12.8 Å². The van der Waals surface area contributed by atoms with Gasteiger partial charge in [0.25, 0.3) is 0 Å². The molecule has 1 aliphatic carbocycles. The van der Waals surface area contributed by atoms with Crippen molar-refractivity contribution >= 4 is 6.03 Å². The molecule has 2 atom stereocenters. The second-order valence-electron chi connectivity index (χ2n) is 7.97. The largest absolute Gasteiger partial charge is 0.492 e. The molecule has 3 rings (SSSR count). The minimum Gasteiger partial charge on any atom is -0.424 e. The van der Waals surface area contributed by atoms with Crippen LogP contribution < -0.4 is 20.1 Å². The zero-order valence-corrected chi connectivity index (χ0v) is 14.9. The Balaban J connectivity index is 1.72. The monoisotopic (exact) mass is 372 g/mol. The van der Waals surface area contributed by atoms with Gasteiger partial charge in [-0.25, -0.2) is 4.79 Å². The number of benzene rings is 1. The van der Waals surface area contributed by atoms with Crippen LogP contribution in [0.1, 0.15) is 40.0 Å². The summed E-state index contributed by atoms with van der Waals surface area (Å²) in [5.41, 5.74) is 0.0217. The lowest BCUT2D eigenvalue weighted by molar-refractivity contribution is -0.317. The first-order valence-corrected chi connectivity index (χ1v) is 8.62. The molecule has 5 nitrogen and oxygen atoms in total. The Morgan fingerprint density at radius 1 is 1.15 bits per heavy atom. The molecule has 144 valence electrons. The molecule has 1 fully saturated rings.